The molecule has 4 nitrogen and oxygen atoms in total. The number of aromatic nitrogens is 1. The summed E-state index contributed by atoms with van der Waals surface area (Å²) in [4.78, 5) is 6.30. The van der Waals surface area contributed by atoms with Gasteiger partial charge in [-0.2, -0.15) is 0 Å². The molecule has 0 unspecified atom stereocenters. The second-order valence-electron chi connectivity index (χ2n) is 4.67. The quantitative estimate of drug-likeness (QED) is 0.794. The van der Waals surface area contributed by atoms with Crippen LogP contribution in [0.2, 0.25) is 5.15 Å². The summed E-state index contributed by atoms with van der Waals surface area (Å²) in [6.45, 7) is 5.06. The van der Waals surface area contributed by atoms with Gasteiger partial charge in [-0.05, 0) is 34.0 Å². The number of nitrogens with one attached hydrogen (secondary N) is 1. The van der Waals surface area contributed by atoms with Gasteiger partial charge < -0.3 is 16.0 Å². The Morgan fingerprint density at radius 3 is 2.56 bits per heavy atom. The first-order valence-electron chi connectivity index (χ1n) is 5.15. The van der Waals surface area contributed by atoms with Crippen molar-refractivity contribution in [1.29, 1.82) is 0 Å². The molecule has 5 heteroatoms. The molecule has 3 N–H and O–H groups in total. The highest BCUT2D eigenvalue weighted by Gasteiger charge is 2.20. The van der Waals surface area contributed by atoms with E-state index in [-0.39, 0.29) is 5.54 Å². The second-order valence-corrected chi connectivity index (χ2v) is 5.06. The number of hydrogen-bond acceptors (Lipinski definition) is 4. The zero-order chi connectivity index (χ0) is 12.3. The second kappa shape index (κ2) is 4.89. The summed E-state index contributed by atoms with van der Waals surface area (Å²) in [5, 5.41) is 3.64. The van der Waals surface area contributed by atoms with Crippen LogP contribution in [-0.2, 0) is 0 Å². The SMILES string of the molecule is CN(C)C(C)(C)CNc1cc(N)cc(Cl)n1. The molecular formula is C11H19ClN4. The van der Waals surface area contributed by atoms with Gasteiger partial charge in [-0.25, -0.2) is 4.98 Å². The van der Waals surface area contributed by atoms with E-state index < -0.39 is 0 Å². The number of nitrogens with two attached hydrogens (primary N) is 1. The van der Waals surface area contributed by atoms with Crippen molar-refractivity contribution in [2.75, 3.05) is 31.7 Å². The van der Waals surface area contributed by atoms with E-state index in [0.29, 0.717) is 16.7 Å². The van der Waals surface area contributed by atoms with Crippen molar-refractivity contribution in [1.82, 2.24) is 9.88 Å². The van der Waals surface area contributed by atoms with E-state index in [9.17, 15) is 0 Å². The molecule has 0 saturated heterocycles. The molecule has 1 aromatic rings. The lowest BCUT2D eigenvalue weighted by molar-refractivity contribution is 0.210. The third-order valence-corrected chi connectivity index (χ3v) is 2.92. The fourth-order valence-electron chi connectivity index (χ4n) is 1.07. The van der Waals surface area contributed by atoms with Crippen LogP contribution in [0.5, 0.6) is 0 Å². The van der Waals surface area contributed by atoms with Gasteiger partial charge in [0, 0.05) is 23.8 Å². The molecule has 0 aliphatic rings. The lowest BCUT2D eigenvalue weighted by Gasteiger charge is -2.32. The minimum absolute atomic E-state index is 0.0404. The van der Waals surface area contributed by atoms with E-state index in [0.717, 1.165) is 6.54 Å². The fraction of sp³-hybridized carbons (Fsp3) is 0.545. The summed E-state index contributed by atoms with van der Waals surface area (Å²) in [5.74, 6) is 0.708. The Morgan fingerprint density at radius 2 is 2.06 bits per heavy atom. The number of nitrogen functional groups attached to an aromatic ring is 1. The Morgan fingerprint density at radius 1 is 1.44 bits per heavy atom. The first-order chi connectivity index (χ1) is 7.31. The normalized spacial score (nSPS) is 11.9. The van der Waals surface area contributed by atoms with Gasteiger partial charge >= 0.3 is 0 Å². The predicted octanol–water partition coefficient (Wildman–Crippen LogP) is 2.07. The number of anilines is 2. The first kappa shape index (κ1) is 13.1. The van der Waals surface area contributed by atoms with Gasteiger partial charge in [-0.15, -0.1) is 0 Å². The van der Waals surface area contributed by atoms with Crippen LogP contribution in [0.15, 0.2) is 12.1 Å². The average molecular weight is 243 g/mol. The smallest absolute Gasteiger partial charge is 0.133 e. The molecule has 0 radical (unpaired) electrons. The average Bonchev–Trinajstić information content (AvgIpc) is 2.13. The van der Waals surface area contributed by atoms with E-state index in [1.807, 2.05) is 14.1 Å². The van der Waals surface area contributed by atoms with Gasteiger partial charge in [0.15, 0.2) is 0 Å². The monoisotopic (exact) mass is 242 g/mol. The molecule has 0 fully saturated rings. The number of pyridine rings is 1. The van der Waals surface area contributed by atoms with Crippen LogP contribution < -0.4 is 11.1 Å². The molecular weight excluding hydrogens is 224 g/mol. The van der Waals surface area contributed by atoms with Crippen molar-refractivity contribution in [3.05, 3.63) is 17.3 Å². The van der Waals surface area contributed by atoms with E-state index in [1.165, 1.54) is 0 Å². The van der Waals surface area contributed by atoms with Crippen molar-refractivity contribution in [2.45, 2.75) is 19.4 Å². The van der Waals surface area contributed by atoms with Crippen LogP contribution in [0.25, 0.3) is 0 Å². The van der Waals surface area contributed by atoms with Crippen molar-refractivity contribution in [3.8, 4) is 0 Å². The molecule has 1 aromatic heterocycles. The topological polar surface area (TPSA) is 54.2 Å². The van der Waals surface area contributed by atoms with Crippen LogP contribution in [0, 0.1) is 0 Å². The van der Waals surface area contributed by atoms with Crippen LogP contribution in [-0.4, -0.2) is 36.1 Å². The summed E-state index contributed by atoms with van der Waals surface area (Å²) >= 11 is 5.82. The maximum absolute atomic E-state index is 5.82. The van der Waals surface area contributed by atoms with Crippen molar-refractivity contribution in [3.63, 3.8) is 0 Å². The van der Waals surface area contributed by atoms with Gasteiger partial charge in [0.25, 0.3) is 0 Å². The highest BCUT2D eigenvalue weighted by atomic mass is 35.5. The number of halogens is 1. The minimum atomic E-state index is 0.0404. The number of nitrogens with zero attached hydrogens (tertiary/aromatic N) is 2. The summed E-state index contributed by atoms with van der Waals surface area (Å²) in [6.07, 6.45) is 0. The molecule has 16 heavy (non-hydrogen) atoms. The molecule has 0 aromatic carbocycles. The van der Waals surface area contributed by atoms with Crippen LogP contribution >= 0.6 is 11.6 Å². The van der Waals surface area contributed by atoms with E-state index in [4.69, 9.17) is 17.3 Å². The zero-order valence-electron chi connectivity index (χ0n) is 10.2. The summed E-state index contributed by atoms with van der Waals surface area (Å²) in [5.41, 5.74) is 6.34. The summed E-state index contributed by atoms with van der Waals surface area (Å²) in [7, 11) is 4.09. The lowest BCUT2D eigenvalue weighted by Crippen LogP contribution is -2.44. The Hall–Kier alpha value is -1.00. The molecule has 0 spiro atoms. The maximum Gasteiger partial charge on any atom is 0.133 e. The molecule has 0 bridgehead atoms. The van der Waals surface area contributed by atoms with Gasteiger partial charge in [0.05, 0.1) is 0 Å². The van der Waals surface area contributed by atoms with Crippen molar-refractivity contribution >= 4 is 23.1 Å². The molecule has 0 atom stereocenters. The van der Waals surface area contributed by atoms with Gasteiger partial charge in [-0.3, -0.25) is 0 Å². The minimum Gasteiger partial charge on any atom is -0.399 e. The number of hydrogen-bond donors (Lipinski definition) is 2. The van der Waals surface area contributed by atoms with E-state index >= 15 is 0 Å². The molecule has 0 saturated carbocycles. The largest absolute Gasteiger partial charge is 0.399 e. The van der Waals surface area contributed by atoms with E-state index in [2.05, 4.69) is 29.0 Å². The Bertz CT molecular complexity index is 343. The zero-order valence-corrected chi connectivity index (χ0v) is 11.0. The van der Waals surface area contributed by atoms with Crippen molar-refractivity contribution in [2.24, 2.45) is 0 Å². The van der Waals surface area contributed by atoms with Gasteiger partial charge in [-0.1, -0.05) is 11.6 Å². The molecule has 0 aliphatic carbocycles. The van der Waals surface area contributed by atoms with Crippen LogP contribution in [0.1, 0.15) is 13.8 Å². The lowest BCUT2D eigenvalue weighted by atomic mass is 10.0. The van der Waals surface area contributed by atoms with Crippen LogP contribution in [0.3, 0.4) is 0 Å². The van der Waals surface area contributed by atoms with Crippen LogP contribution in [0.4, 0.5) is 11.5 Å². The molecule has 1 heterocycles. The molecule has 0 aliphatic heterocycles. The highest BCUT2D eigenvalue weighted by molar-refractivity contribution is 6.29. The molecule has 1 rings (SSSR count). The number of rotatable bonds is 4. The molecule has 0 amide bonds. The highest BCUT2D eigenvalue weighted by Crippen LogP contribution is 2.17. The third kappa shape index (κ3) is 3.54. The van der Waals surface area contributed by atoms with Gasteiger partial charge in [0.1, 0.15) is 11.0 Å². The Labute approximate surface area is 102 Å². The summed E-state index contributed by atoms with van der Waals surface area (Å²) < 4.78 is 0. The standard InChI is InChI=1S/C11H19ClN4/c1-11(2,16(3)4)7-14-10-6-8(13)5-9(12)15-10/h5-6H,7H2,1-4H3,(H3,13,14,15). The fourth-order valence-corrected chi connectivity index (χ4v) is 1.29. The summed E-state index contributed by atoms with van der Waals surface area (Å²) in [6, 6.07) is 3.40. The molecule has 90 valence electrons. The third-order valence-electron chi connectivity index (χ3n) is 2.73. The van der Waals surface area contributed by atoms with Gasteiger partial charge in [0.2, 0.25) is 0 Å². The Balaban J connectivity index is 2.68. The predicted molar refractivity (Wildman–Crippen MR) is 69.9 cm³/mol. The Kier molecular flexibility index (Phi) is 3.99. The number of likely N-dealkylation sites (N-methyl/N-ethyl adjacent to an activating group) is 1. The first-order valence-corrected chi connectivity index (χ1v) is 5.53. The van der Waals surface area contributed by atoms with Crippen molar-refractivity contribution < 1.29 is 0 Å². The van der Waals surface area contributed by atoms with E-state index in [1.54, 1.807) is 12.1 Å². The maximum atomic E-state index is 5.82.